The van der Waals surface area contributed by atoms with Gasteiger partial charge in [0.1, 0.15) is 5.82 Å². The number of carbonyl (C=O) groups excluding carboxylic acids is 1. The molecule has 0 bridgehead atoms. The highest BCUT2D eigenvalue weighted by Crippen LogP contribution is 2.25. The topological polar surface area (TPSA) is 32.3 Å². The molecule has 0 aliphatic carbocycles. The van der Waals surface area contributed by atoms with E-state index in [-0.39, 0.29) is 29.9 Å². The van der Waals surface area contributed by atoms with Crippen molar-refractivity contribution in [2.45, 2.75) is 19.4 Å². The summed E-state index contributed by atoms with van der Waals surface area (Å²) in [5, 5.41) is 3.33. The summed E-state index contributed by atoms with van der Waals surface area (Å²) in [7, 11) is 0. The standard InChI is InChI=1S/C19H21FN2O.ClH/c1-2-14-7-9-15(10-8-14)18-13-21-11-12-22(18)19(23)16-5-3-4-6-17(16)20;/h3-10,18,21H,2,11-13H2,1H3;1H. The molecule has 0 radical (unpaired) electrons. The van der Waals surface area contributed by atoms with Gasteiger partial charge in [-0.25, -0.2) is 4.39 Å². The van der Waals surface area contributed by atoms with Gasteiger partial charge in [-0.1, -0.05) is 43.3 Å². The molecule has 3 rings (SSSR count). The average molecular weight is 349 g/mol. The van der Waals surface area contributed by atoms with Crippen molar-refractivity contribution >= 4 is 18.3 Å². The van der Waals surface area contributed by atoms with E-state index < -0.39 is 5.82 Å². The number of hydrogen-bond acceptors (Lipinski definition) is 2. The summed E-state index contributed by atoms with van der Waals surface area (Å²) in [4.78, 5) is 14.6. The Balaban J connectivity index is 0.00000208. The summed E-state index contributed by atoms with van der Waals surface area (Å²) in [6.45, 7) is 4.11. The summed E-state index contributed by atoms with van der Waals surface area (Å²) in [5.74, 6) is -0.703. The lowest BCUT2D eigenvalue weighted by Gasteiger charge is -2.36. The van der Waals surface area contributed by atoms with Gasteiger partial charge in [0.25, 0.3) is 5.91 Å². The van der Waals surface area contributed by atoms with Gasteiger partial charge in [0.15, 0.2) is 0 Å². The molecule has 1 unspecified atom stereocenters. The van der Waals surface area contributed by atoms with Gasteiger partial charge in [0.2, 0.25) is 0 Å². The number of amides is 1. The van der Waals surface area contributed by atoms with E-state index >= 15 is 0 Å². The van der Waals surface area contributed by atoms with Crippen LogP contribution in [0, 0.1) is 5.82 Å². The van der Waals surface area contributed by atoms with E-state index in [0.717, 1.165) is 18.5 Å². The maximum Gasteiger partial charge on any atom is 0.257 e. The highest BCUT2D eigenvalue weighted by Gasteiger charge is 2.29. The summed E-state index contributed by atoms with van der Waals surface area (Å²) >= 11 is 0. The predicted octanol–water partition coefficient (Wildman–Crippen LogP) is 3.60. The van der Waals surface area contributed by atoms with Crippen molar-refractivity contribution in [1.82, 2.24) is 10.2 Å². The maximum atomic E-state index is 14.0. The first-order chi connectivity index (χ1) is 11.2. The number of benzene rings is 2. The van der Waals surface area contributed by atoms with Crippen LogP contribution in [-0.4, -0.2) is 30.4 Å². The van der Waals surface area contributed by atoms with E-state index in [9.17, 15) is 9.18 Å². The summed E-state index contributed by atoms with van der Waals surface area (Å²) in [6, 6.07) is 14.4. The largest absolute Gasteiger partial charge is 0.329 e. The molecule has 1 atom stereocenters. The minimum absolute atomic E-state index is 0. The van der Waals surface area contributed by atoms with Gasteiger partial charge in [-0.3, -0.25) is 4.79 Å². The first kappa shape index (κ1) is 18.4. The van der Waals surface area contributed by atoms with E-state index in [1.54, 1.807) is 23.1 Å². The molecule has 0 spiro atoms. The van der Waals surface area contributed by atoms with Crippen LogP contribution in [0.4, 0.5) is 4.39 Å². The Bertz CT molecular complexity index is 690. The lowest BCUT2D eigenvalue weighted by atomic mass is 10.00. The van der Waals surface area contributed by atoms with Gasteiger partial charge in [-0.05, 0) is 29.7 Å². The van der Waals surface area contributed by atoms with Crippen LogP contribution in [-0.2, 0) is 6.42 Å². The van der Waals surface area contributed by atoms with Crippen molar-refractivity contribution in [1.29, 1.82) is 0 Å². The predicted molar refractivity (Wildman–Crippen MR) is 96.1 cm³/mol. The van der Waals surface area contributed by atoms with Gasteiger partial charge < -0.3 is 10.2 Å². The second-order valence-electron chi connectivity index (χ2n) is 5.79. The zero-order chi connectivity index (χ0) is 16.2. The molecule has 1 aliphatic rings. The number of aryl methyl sites for hydroxylation is 1. The molecule has 1 heterocycles. The fourth-order valence-corrected chi connectivity index (χ4v) is 3.01. The molecular weight excluding hydrogens is 327 g/mol. The first-order valence-electron chi connectivity index (χ1n) is 8.05. The molecule has 0 saturated carbocycles. The van der Waals surface area contributed by atoms with E-state index in [1.807, 2.05) is 0 Å². The number of halogens is 2. The lowest BCUT2D eigenvalue weighted by molar-refractivity contribution is 0.0629. The molecule has 1 aliphatic heterocycles. The molecule has 2 aromatic rings. The molecule has 1 amide bonds. The summed E-state index contributed by atoms with van der Waals surface area (Å²) in [5.41, 5.74) is 2.49. The molecule has 3 nitrogen and oxygen atoms in total. The molecule has 0 aromatic heterocycles. The third-order valence-corrected chi connectivity index (χ3v) is 4.38. The van der Waals surface area contributed by atoms with Gasteiger partial charge in [-0.2, -0.15) is 0 Å². The van der Waals surface area contributed by atoms with Crippen molar-refractivity contribution in [3.05, 3.63) is 71.0 Å². The Morgan fingerprint density at radius 2 is 1.92 bits per heavy atom. The van der Waals surface area contributed by atoms with Crippen LogP contribution in [0.5, 0.6) is 0 Å². The van der Waals surface area contributed by atoms with Crippen molar-refractivity contribution in [3.63, 3.8) is 0 Å². The van der Waals surface area contributed by atoms with Crippen molar-refractivity contribution in [2.24, 2.45) is 0 Å². The zero-order valence-corrected chi connectivity index (χ0v) is 14.5. The van der Waals surface area contributed by atoms with E-state index in [2.05, 4.69) is 36.5 Å². The smallest absolute Gasteiger partial charge is 0.257 e. The minimum atomic E-state index is -0.462. The fraction of sp³-hybridized carbons (Fsp3) is 0.316. The molecule has 5 heteroatoms. The summed E-state index contributed by atoms with van der Waals surface area (Å²) < 4.78 is 14.0. The van der Waals surface area contributed by atoms with Crippen LogP contribution in [0.1, 0.15) is 34.5 Å². The molecule has 1 N–H and O–H groups in total. The number of nitrogens with one attached hydrogen (secondary N) is 1. The Morgan fingerprint density at radius 1 is 1.21 bits per heavy atom. The van der Waals surface area contributed by atoms with Crippen LogP contribution in [0.15, 0.2) is 48.5 Å². The van der Waals surface area contributed by atoms with E-state index in [1.165, 1.54) is 11.6 Å². The highest BCUT2D eigenvalue weighted by molar-refractivity contribution is 5.94. The Hall–Kier alpha value is -1.91. The molecule has 2 aromatic carbocycles. The Kier molecular flexibility index (Phi) is 6.35. The van der Waals surface area contributed by atoms with Crippen LogP contribution in [0.3, 0.4) is 0 Å². The third kappa shape index (κ3) is 3.77. The van der Waals surface area contributed by atoms with E-state index in [0.29, 0.717) is 13.1 Å². The quantitative estimate of drug-likeness (QED) is 0.919. The normalized spacial score (nSPS) is 17.2. The van der Waals surface area contributed by atoms with Crippen LogP contribution in [0.25, 0.3) is 0 Å². The van der Waals surface area contributed by atoms with Gasteiger partial charge in [0, 0.05) is 19.6 Å². The second kappa shape index (κ2) is 8.27. The van der Waals surface area contributed by atoms with Crippen molar-refractivity contribution < 1.29 is 9.18 Å². The number of rotatable bonds is 3. The zero-order valence-electron chi connectivity index (χ0n) is 13.7. The molecule has 128 valence electrons. The number of carbonyl (C=O) groups is 1. The van der Waals surface area contributed by atoms with Gasteiger partial charge in [0.05, 0.1) is 11.6 Å². The van der Waals surface area contributed by atoms with Crippen molar-refractivity contribution in [2.75, 3.05) is 19.6 Å². The van der Waals surface area contributed by atoms with Gasteiger partial charge >= 0.3 is 0 Å². The van der Waals surface area contributed by atoms with Crippen LogP contribution in [0.2, 0.25) is 0 Å². The Morgan fingerprint density at radius 3 is 2.58 bits per heavy atom. The number of hydrogen-bond donors (Lipinski definition) is 1. The number of piperazine rings is 1. The monoisotopic (exact) mass is 348 g/mol. The summed E-state index contributed by atoms with van der Waals surface area (Å²) in [6.07, 6.45) is 0.987. The second-order valence-corrected chi connectivity index (χ2v) is 5.79. The maximum absolute atomic E-state index is 14.0. The third-order valence-electron chi connectivity index (χ3n) is 4.38. The molecule has 1 fully saturated rings. The minimum Gasteiger partial charge on any atom is -0.329 e. The molecule has 24 heavy (non-hydrogen) atoms. The molecular formula is C19H22ClFN2O. The van der Waals surface area contributed by atoms with Crippen molar-refractivity contribution in [3.8, 4) is 0 Å². The highest BCUT2D eigenvalue weighted by atomic mass is 35.5. The lowest BCUT2D eigenvalue weighted by Crippen LogP contribution is -2.48. The van der Waals surface area contributed by atoms with Crippen LogP contribution >= 0.6 is 12.4 Å². The van der Waals surface area contributed by atoms with Crippen LogP contribution < -0.4 is 5.32 Å². The SMILES string of the molecule is CCc1ccc(C2CNCCN2C(=O)c2ccccc2F)cc1.Cl. The first-order valence-corrected chi connectivity index (χ1v) is 8.05. The average Bonchev–Trinajstić information content (AvgIpc) is 2.62. The number of nitrogens with zero attached hydrogens (tertiary/aromatic N) is 1. The van der Waals surface area contributed by atoms with Gasteiger partial charge in [-0.15, -0.1) is 12.4 Å². The van der Waals surface area contributed by atoms with E-state index in [4.69, 9.17) is 0 Å². The fourth-order valence-electron chi connectivity index (χ4n) is 3.01. The molecule has 1 saturated heterocycles. The Labute approximate surface area is 148 Å².